The van der Waals surface area contributed by atoms with E-state index in [1.165, 1.54) is 45.3 Å². The van der Waals surface area contributed by atoms with E-state index in [0.29, 0.717) is 5.41 Å². The fourth-order valence-corrected chi connectivity index (χ4v) is 5.36. The van der Waals surface area contributed by atoms with Crippen LogP contribution in [-0.2, 0) is 4.79 Å². The van der Waals surface area contributed by atoms with Crippen molar-refractivity contribution in [1.29, 1.82) is 0 Å². The van der Waals surface area contributed by atoms with Crippen LogP contribution >= 0.6 is 0 Å². The molecule has 0 aromatic rings. The minimum atomic E-state index is -2.33. The minimum Gasteiger partial charge on any atom is -0.343 e. The van der Waals surface area contributed by atoms with E-state index in [-0.39, 0.29) is 24.2 Å². The third-order valence-corrected chi connectivity index (χ3v) is 7.57. The summed E-state index contributed by atoms with van der Waals surface area (Å²) in [7, 11) is 0. The molecule has 2 heterocycles. The Kier molecular flexibility index (Phi) is 9.33. The summed E-state index contributed by atoms with van der Waals surface area (Å²) in [4.78, 5) is 17.6. The molecule has 1 amide bonds. The van der Waals surface area contributed by atoms with E-state index < -0.39 is 5.92 Å². The highest BCUT2D eigenvalue weighted by atomic mass is 19.3. The predicted molar refractivity (Wildman–Crippen MR) is 125 cm³/mol. The van der Waals surface area contributed by atoms with Crippen molar-refractivity contribution < 1.29 is 13.6 Å². The van der Waals surface area contributed by atoms with Crippen molar-refractivity contribution in [2.75, 3.05) is 52.4 Å². The van der Waals surface area contributed by atoms with Crippen LogP contribution in [0, 0.1) is 16.7 Å². The lowest BCUT2D eigenvalue weighted by Gasteiger charge is -2.58. The molecule has 0 atom stereocenters. The second kappa shape index (κ2) is 10.9. The molecule has 0 radical (unpaired) electrons. The SMILES string of the molecule is CCN(CC1CCC1)C(C)=O.CCN1CC2(C1)CC(F)(F)C2.CCN1CCC(C)(C)C1. The summed E-state index contributed by atoms with van der Waals surface area (Å²) in [6.07, 6.45) is 5.65. The summed E-state index contributed by atoms with van der Waals surface area (Å²) < 4.78 is 24.9. The van der Waals surface area contributed by atoms with Gasteiger partial charge in [-0.25, -0.2) is 8.78 Å². The quantitative estimate of drug-likeness (QED) is 0.589. The number of hydrogen-bond acceptors (Lipinski definition) is 3. The van der Waals surface area contributed by atoms with Gasteiger partial charge in [-0.15, -0.1) is 0 Å². The summed E-state index contributed by atoms with van der Waals surface area (Å²) in [5.74, 6) is -1.31. The molecule has 6 heteroatoms. The highest BCUT2D eigenvalue weighted by Crippen LogP contribution is 2.56. The lowest BCUT2D eigenvalue weighted by Crippen LogP contribution is -2.65. The average molecular weight is 444 g/mol. The van der Waals surface area contributed by atoms with Crippen molar-refractivity contribution in [2.45, 2.75) is 86.0 Å². The standard InChI is InChI=1S/C9H17NO.C8H13F2N.C8H17N/c1-3-10(8(2)11)7-9-5-4-6-9;1-2-11-5-7(6-11)3-8(9,10)4-7;1-4-9-6-5-8(2,3)7-9/h9H,3-7H2,1-2H3;2-6H2,1H3;4-7H2,1-3H3. The van der Waals surface area contributed by atoms with E-state index in [1.807, 2.05) is 11.8 Å². The van der Waals surface area contributed by atoms with Crippen LogP contribution < -0.4 is 0 Å². The number of hydrogen-bond donors (Lipinski definition) is 0. The van der Waals surface area contributed by atoms with Crippen molar-refractivity contribution in [1.82, 2.24) is 14.7 Å². The van der Waals surface area contributed by atoms with Gasteiger partial charge in [-0.05, 0) is 57.2 Å². The van der Waals surface area contributed by atoms with Crippen LogP contribution in [-0.4, -0.2) is 78.9 Å². The zero-order valence-corrected chi connectivity index (χ0v) is 21.0. The van der Waals surface area contributed by atoms with E-state index in [9.17, 15) is 13.6 Å². The summed E-state index contributed by atoms with van der Waals surface area (Å²) in [5, 5.41) is 0. The lowest BCUT2D eigenvalue weighted by molar-refractivity contribution is -0.212. The molecule has 31 heavy (non-hydrogen) atoms. The van der Waals surface area contributed by atoms with Gasteiger partial charge < -0.3 is 14.7 Å². The van der Waals surface area contributed by atoms with E-state index in [4.69, 9.17) is 0 Å². The van der Waals surface area contributed by atoms with Gasteiger partial charge >= 0.3 is 0 Å². The van der Waals surface area contributed by atoms with Gasteiger partial charge in [0, 0.05) is 57.9 Å². The van der Waals surface area contributed by atoms with Crippen LogP contribution in [0.15, 0.2) is 0 Å². The molecule has 2 aliphatic heterocycles. The van der Waals surface area contributed by atoms with E-state index >= 15 is 0 Å². The van der Waals surface area contributed by atoms with Crippen molar-refractivity contribution in [3.05, 3.63) is 0 Å². The number of halogens is 2. The average Bonchev–Trinajstić information content (AvgIpc) is 2.96. The molecule has 0 aromatic heterocycles. The van der Waals surface area contributed by atoms with Crippen LogP contribution in [0.25, 0.3) is 0 Å². The molecule has 0 N–H and O–H groups in total. The first kappa shape index (κ1) is 26.5. The van der Waals surface area contributed by atoms with Gasteiger partial charge in [-0.1, -0.05) is 34.1 Å². The van der Waals surface area contributed by atoms with Gasteiger partial charge in [0.15, 0.2) is 0 Å². The van der Waals surface area contributed by atoms with Gasteiger partial charge in [0.25, 0.3) is 0 Å². The van der Waals surface area contributed by atoms with Crippen LogP contribution in [0.2, 0.25) is 0 Å². The van der Waals surface area contributed by atoms with Gasteiger partial charge in [-0.3, -0.25) is 4.79 Å². The van der Waals surface area contributed by atoms with Crippen molar-refractivity contribution in [3.63, 3.8) is 0 Å². The van der Waals surface area contributed by atoms with E-state index in [2.05, 4.69) is 37.5 Å². The Morgan fingerprint density at radius 2 is 1.58 bits per heavy atom. The monoisotopic (exact) mass is 443 g/mol. The molecule has 4 nitrogen and oxygen atoms in total. The predicted octanol–water partition coefficient (Wildman–Crippen LogP) is 5.13. The third-order valence-electron chi connectivity index (χ3n) is 7.57. The second-order valence-corrected chi connectivity index (χ2v) is 11.2. The maximum absolute atomic E-state index is 12.5. The van der Waals surface area contributed by atoms with Crippen molar-refractivity contribution in [3.8, 4) is 0 Å². The highest BCUT2D eigenvalue weighted by molar-refractivity contribution is 5.73. The molecule has 4 aliphatic rings. The van der Waals surface area contributed by atoms with Crippen molar-refractivity contribution in [2.24, 2.45) is 16.7 Å². The molecule has 2 saturated heterocycles. The molecular formula is C25H47F2N3O. The van der Waals surface area contributed by atoms with Crippen LogP contribution in [0.1, 0.15) is 80.1 Å². The lowest BCUT2D eigenvalue weighted by atomic mass is 9.61. The topological polar surface area (TPSA) is 26.8 Å². The minimum absolute atomic E-state index is 0.0273. The molecule has 182 valence electrons. The van der Waals surface area contributed by atoms with E-state index in [0.717, 1.165) is 38.6 Å². The number of amides is 1. The zero-order chi connectivity index (χ0) is 23.3. The van der Waals surface area contributed by atoms with Gasteiger partial charge in [0.2, 0.25) is 11.8 Å². The summed E-state index contributed by atoms with van der Waals surface area (Å²) >= 11 is 0. The summed E-state index contributed by atoms with van der Waals surface area (Å²) in [6.45, 7) is 21.2. The summed E-state index contributed by atoms with van der Waals surface area (Å²) in [6, 6.07) is 0. The van der Waals surface area contributed by atoms with Gasteiger partial charge in [0.1, 0.15) is 0 Å². The number of likely N-dealkylation sites (tertiary alicyclic amines) is 2. The van der Waals surface area contributed by atoms with Gasteiger partial charge in [-0.2, -0.15) is 0 Å². The Labute approximate surface area is 189 Å². The summed E-state index contributed by atoms with van der Waals surface area (Å²) in [5.41, 5.74) is 0.621. The molecule has 2 aliphatic carbocycles. The van der Waals surface area contributed by atoms with Crippen LogP contribution in [0.4, 0.5) is 8.78 Å². The molecule has 0 aromatic carbocycles. The molecular weight excluding hydrogens is 396 g/mol. The smallest absolute Gasteiger partial charge is 0.249 e. The molecule has 4 rings (SSSR count). The zero-order valence-electron chi connectivity index (χ0n) is 21.0. The first-order chi connectivity index (χ1) is 14.4. The highest BCUT2D eigenvalue weighted by Gasteiger charge is 2.61. The Morgan fingerprint density at radius 1 is 1.00 bits per heavy atom. The van der Waals surface area contributed by atoms with Crippen LogP contribution in [0.5, 0.6) is 0 Å². The number of nitrogens with zero attached hydrogens (tertiary/aromatic N) is 3. The molecule has 0 bridgehead atoms. The number of rotatable bonds is 5. The molecule has 1 spiro atoms. The van der Waals surface area contributed by atoms with Crippen molar-refractivity contribution >= 4 is 5.91 Å². The molecule has 2 saturated carbocycles. The largest absolute Gasteiger partial charge is 0.343 e. The Morgan fingerprint density at radius 3 is 1.87 bits per heavy atom. The fourth-order valence-electron chi connectivity index (χ4n) is 5.36. The van der Waals surface area contributed by atoms with E-state index in [1.54, 1.807) is 6.92 Å². The Bertz CT molecular complexity index is 561. The maximum Gasteiger partial charge on any atom is 0.249 e. The van der Waals surface area contributed by atoms with Crippen LogP contribution in [0.3, 0.4) is 0 Å². The normalized spacial score (nSPS) is 25.8. The Hall–Kier alpha value is -0.750. The molecule has 4 fully saturated rings. The second-order valence-electron chi connectivity index (χ2n) is 11.2. The van der Waals surface area contributed by atoms with Gasteiger partial charge in [0.05, 0.1) is 0 Å². The first-order valence-electron chi connectivity index (χ1n) is 12.5. The molecule has 0 unspecified atom stereocenters. The first-order valence-corrected chi connectivity index (χ1v) is 12.5. The number of carbonyl (C=O) groups is 1. The number of carbonyl (C=O) groups excluding carboxylic acids is 1. The fraction of sp³-hybridized carbons (Fsp3) is 0.960. The number of alkyl halides is 2. The third kappa shape index (κ3) is 7.96. The Balaban J connectivity index is 0.000000166. The maximum atomic E-state index is 12.5.